The molecular weight excluding hydrogens is 287 g/mol. The van der Waals surface area contributed by atoms with Gasteiger partial charge in [-0.25, -0.2) is 4.79 Å². The number of hydrogen-bond donors (Lipinski definition) is 1. The molecule has 0 spiro atoms. The quantitative estimate of drug-likeness (QED) is 0.681. The Balaban J connectivity index is 2.88. The zero-order valence-corrected chi connectivity index (χ0v) is 12.5. The van der Waals surface area contributed by atoms with E-state index in [1.165, 1.54) is 12.2 Å². The van der Waals surface area contributed by atoms with E-state index in [0.29, 0.717) is 21.2 Å². The number of hydrogen-bond acceptors (Lipinski definition) is 3. The fraction of sp³-hybridized carbons (Fsp3) is 0.357. The molecule has 1 aromatic carbocycles. The first-order valence-electron chi connectivity index (χ1n) is 5.73. The van der Waals surface area contributed by atoms with Gasteiger partial charge in [-0.15, -0.1) is 0 Å². The van der Waals surface area contributed by atoms with Gasteiger partial charge in [0.1, 0.15) is 5.60 Å². The summed E-state index contributed by atoms with van der Waals surface area (Å²) in [5.41, 5.74) is 0.597. The van der Waals surface area contributed by atoms with Crippen LogP contribution in [-0.4, -0.2) is 16.7 Å². The molecule has 0 unspecified atom stereocenters. The highest BCUT2D eigenvalue weighted by atomic mass is 35.5. The highest BCUT2D eigenvalue weighted by Crippen LogP contribution is 2.26. The Morgan fingerprint density at radius 1 is 1.32 bits per heavy atom. The molecule has 19 heavy (non-hydrogen) atoms. The second-order valence-corrected chi connectivity index (χ2v) is 5.80. The van der Waals surface area contributed by atoms with Crippen molar-refractivity contribution >= 4 is 35.2 Å². The van der Waals surface area contributed by atoms with Gasteiger partial charge in [-0.3, -0.25) is 0 Å². The van der Waals surface area contributed by atoms with Crippen molar-refractivity contribution in [3.8, 4) is 0 Å². The largest absolute Gasteiger partial charge is 0.457 e. The standard InChI is InChI=1S/C14H16Cl2O3/c1-14(2,3)19-13(18)5-4-9-6-12(16)10(8-17)7-11(9)15/h4-7,17H,8H2,1-3H3/b5-4+. The molecule has 0 saturated heterocycles. The molecular formula is C14H16Cl2O3. The van der Waals surface area contributed by atoms with Gasteiger partial charge in [-0.2, -0.15) is 0 Å². The van der Waals surface area contributed by atoms with E-state index in [1.54, 1.807) is 32.9 Å². The monoisotopic (exact) mass is 302 g/mol. The fourth-order valence-corrected chi connectivity index (χ4v) is 1.83. The molecule has 0 radical (unpaired) electrons. The van der Waals surface area contributed by atoms with Crippen LogP contribution in [0.1, 0.15) is 31.9 Å². The van der Waals surface area contributed by atoms with Crippen molar-refractivity contribution in [2.24, 2.45) is 0 Å². The van der Waals surface area contributed by atoms with E-state index in [1.807, 2.05) is 0 Å². The van der Waals surface area contributed by atoms with Crippen molar-refractivity contribution in [2.75, 3.05) is 0 Å². The zero-order chi connectivity index (χ0) is 14.6. The summed E-state index contributed by atoms with van der Waals surface area (Å²) in [6.07, 6.45) is 2.82. The maximum absolute atomic E-state index is 11.5. The normalized spacial score (nSPS) is 11.9. The number of benzene rings is 1. The van der Waals surface area contributed by atoms with Gasteiger partial charge in [-0.1, -0.05) is 23.2 Å². The molecule has 1 aromatic rings. The predicted octanol–water partition coefficient (Wildman–Crippen LogP) is 3.84. The van der Waals surface area contributed by atoms with Crippen molar-refractivity contribution in [1.29, 1.82) is 0 Å². The predicted molar refractivity (Wildman–Crippen MR) is 77.3 cm³/mol. The van der Waals surface area contributed by atoms with Crippen LogP contribution in [0.15, 0.2) is 18.2 Å². The Morgan fingerprint density at radius 3 is 2.47 bits per heavy atom. The van der Waals surface area contributed by atoms with Gasteiger partial charge >= 0.3 is 5.97 Å². The molecule has 0 fully saturated rings. The van der Waals surface area contributed by atoms with Crippen LogP contribution in [0.3, 0.4) is 0 Å². The Kier molecular flexibility index (Phi) is 5.41. The highest BCUT2D eigenvalue weighted by molar-refractivity contribution is 6.34. The van der Waals surface area contributed by atoms with Gasteiger partial charge in [-0.05, 0) is 50.1 Å². The van der Waals surface area contributed by atoms with Crippen LogP contribution < -0.4 is 0 Å². The molecule has 0 saturated carbocycles. The number of ether oxygens (including phenoxy) is 1. The van der Waals surface area contributed by atoms with Gasteiger partial charge in [0.15, 0.2) is 0 Å². The lowest BCUT2D eigenvalue weighted by atomic mass is 10.1. The number of esters is 1. The summed E-state index contributed by atoms with van der Waals surface area (Å²) < 4.78 is 5.13. The van der Waals surface area contributed by atoms with E-state index in [9.17, 15) is 4.79 Å². The SMILES string of the molecule is CC(C)(C)OC(=O)/C=C/c1cc(Cl)c(CO)cc1Cl. The molecule has 5 heteroatoms. The number of rotatable bonds is 3. The summed E-state index contributed by atoms with van der Waals surface area (Å²) >= 11 is 12.0. The molecule has 104 valence electrons. The highest BCUT2D eigenvalue weighted by Gasteiger charge is 2.14. The van der Waals surface area contributed by atoms with Crippen LogP contribution in [0.2, 0.25) is 10.0 Å². The molecule has 1 N–H and O–H groups in total. The Labute approximate surface area is 122 Å². The zero-order valence-electron chi connectivity index (χ0n) is 11.0. The average molecular weight is 303 g/mol. The van der Waals surface area contributed by atoms with Crippen molar-refractivity contribution in [2.45, 2.75) is 33.0 Å². The summed E-state index contributed by atoms with van der Waals surface area (Å²) in [6.45, 7) is 5.19. The van der Waals surface area contributed by atoms with E-state index in [0.717, 1.165) is 0 Å². The summed E-state index contributed by atoms with van der Waals surface area (Å²) in [4.78, 5) is 11.5. The van der Waals surface area contributed by atoms with Crippen LogP contribution in [0.25, 0.3) is 6.08 Å². The Morgan fingerprint density at radius 2 is 1.95 bits per heavy atom. The average Bonchev–Trinajstić information content (AvgIpc) is 2.27. The summed E-state index contributed by atoms with van der Waals surface area (Å²) in [5, 5.41) is 9.85. The number of aliphatic hydroxyl groups is 1. The van der Waals surface area contributed by atoms with Crippen molar-refractivity contribution in [3.63, 3.8) is 0 Å². The minimum Gasteiger partial charge on any atom is -0.457 e. The molecule has 0 amide bonds. The van der Waals surface area contributed by atoms with Gasteiger partial charge in [0.25, 0.3) is 0 Å². The van der Waals surface area contributed by atoms with Crippen molar-refractivity contribution in [1.82, 2.24) is 0 Å². The lowest BCUT2D eigenvalue weighted by Crippen LogP contribution is -2.22. The maximum Gasteiger partial charge on any atom is 0.331 e. The molecule has 3 nitrogen and oxygen atoms in total. The second kappa shape index (κ2) is 6.42. The van der Waals surface area contributed by atoms with Crippen LogP contribution in [0, 0.1) is 0 Å². The molecule has 0 aliphatic carbocycles. The molecule has 0 aliphatic heterocycles. The molecule has 0 aliphatic rings. The third-order valence-corrected chi connectivity index (χ3v) is 2.82. The maximum atomic E-state index is 11.5. The number of halogens is 2. The van der Waals surface area contributed by atoms with Crippen LogP contribution >= 0.6 is 23.2 Å². The third-order valence-electron chi connectivity index (χ3n) is 2.14. The van der Waals surface area contributed by atoms with E-state index in [-0.39, 0.29) is 6.61 Å². The van der Waals surface area contributed by atoms with Gasteiger partial charge in [0.05, 0.1) is 6.61 Å². The number of aliphatic hydroxyl groups excluding tert-OH is 1. The first-order chi connectivity index (χ1) is 8.73. The minimum atomic E-state index is -0.538. The molecule has 0 bridgehead atoms. The number of carbonyl (C=O) groups excluding carboxylic acids is 1. The molecule has 0 aromatic heterocycles. The van der Waals surface area contributed by atoms with Crippen LogP contribution in [0.4, 0.5) is 0 Å². The molecule has 0 heterocycles. The van der Waals surface area contributed by atoms with E-state index >= 15 is 0 Å². The van der Waals surface area contributed by atoms with Crippen molar-refractivity contribution < 1.29 is 14.6 Å². The molecule has 1 rings (SSSR count). The summed E-state index contributed by atoms with van der Waals surface area (Å²) in [7, 11) is 0. The molecule has 0 atom stereocenters. The smallest absolute Gasteiger partial charge is 0.331 e. The fourth-order valence-electron chi connectivity index (χ4n) is 1.35. The third kappa shape index (κ3) is 5.23. The van der Waals surface area contributed by atoms with Crippen LogP contribution in [-0.2, 0) is 16.1 Å². The lowest BCUT2D eigenvalue weighted by molar-refractivity contribution is -0.148. The Bertz CT molecular complexity index is 502. The van der Waals surface area contributed by atoms with E-state index in [2.05, 4.69) is 0 Å². The first-order valence-corrected chi connectivity index (χ1v) is 6.48. The Hall–Kier alpha value is -1.03. The van der Waals surface area contributed by atoms with E-state index < -0.39 is 11.6 Å². The van der Waals surface area contributed by atoms with Crippen LogP contribution in [0.5, 0.6) is 0 Å². The van der Waals surface area contributed by atoms with E-state index in [4.69, 9.17) is 33.0 Å². The second-order valence-electron chi connectivity index (χ2n) is 4.99. The topological polar surface area (TPSA) is 46.5 Å². The number of carbonyl (C=O) groups is 1. The summed E-state index contributed by atoms with van der Waals surface area (Å²) in [5.74, 6) is -0.453. The minimum absolute atomic E-state index is 0.186. The first kappa shape index (κ1) is 16.0. The lowest BCUT2D eigenvalue weighted by Gasteiger charge is -2.17. The van der Waals surface area contributed by atoms with Gasteiger partial charge < -0.3 is 9.84 Å². The van der Waals surface area contributed by atoms with Gasteiger partial charge in [0.2, 0.25) is 0 Å². The van der Waals surface area contributed by atoms with Gasteiger partial charge in [0, 0.05) is 16.1 Å². The van der Waals surface area contributed by atoms with Crippen molar-refractivity contribution in [3.05, 3.63) is 39.4 Å². The summed E-state index contributed by atoms with van der Waals surface area (Å²) in [6, 6.07) is 3.16.